The Labute approximate surface area is 132 Å². The zero-order valence-electron chi connectivity index (χ0n) is 12.3. The van der Waals surface area contributed by atoms with Gasteiger partial charge in [0.05, 0.1) is 13.0 Å². The first kappa shape index (κ1) is 14.6. The van der Waals surface area contributed by atoms with Crippen LogP contribution in [0.2, 0.25) is 0 Å². The Morgan fingerprint density at radius 3 is 2.52 bits per heavy atom. The van der Waals surface area contributed by atoms with E-state index in [2.05, 4.69) is 0 Å². The molecular formula is C17H14N2O4. The van der Waals surface area contributed by atoms with Crippen LogP contribution in [0.5, 0.6) is 23.0 Å². The fraction of sp³-hybridized carbons (Fsp3) is 0.118. The first-order valence-corrected chi connectivity index (χ1v) is 6.82. The van der Waals surface area contributed by atoms with Crippen molar-refractivity contribution < 1.29 is 19.7 Å². The lowest BCUT2D eigenvalue weighted by Gasteiger charge is -2.27. The number of fused-ring (bicyclic) bond motifs is 1. The maximum atomic E-state index is 10.2. The maximum absolute atomic E-state index is 10.2. The van der Waals surface area contributed by atoms with E-state index in [0.717, 1.165) is 5.56 Å². The molecule has 2 aromatic carbocycles. The topological polar surface area (TPSA) is 109 Å². The van der Waals surface area contributed by atoms with Crippen LogP contribution in [-0.4, -0.2) is 17.3 Å². The van der Waals surface area contributed by atoms with Gasteiger partial charge in [0, 0.05) is 17.7 Å². The van der Waals surface area contributed by atoms with Gasteiger partial charge in [-0.3, -0.25) is 0 Å². The van der Waals surface area contributed by atoms with E-state index in [0.29, 0.717) is 11.3 Å². The molecule has 6 heteroatoms. The van der Waals surface area contributed by atoms with Crippen molar-refractivity contribution in [1.82, 2.24) is 0 Å². The molecule has 0 aliphatic carbocycles. The molecule has 2 aromatic rings. The molecule has 0 bridgehead atoms. The third kappa shape index (κ3) is 2.38. The highest BCUT2D eigenvalue weighted by Gasteiger charge is 2.33. The van der Waals surface area contributed by atoms with Crippen molar-refractivity contribution in [2.45, 2.75) is 5.92 Å². The Morgan fingerprint density at radius 2 is 1.91 bits per heavy atom. The van der Waals surface area contributed by atoms with E-state index in [1.54, 1.807) is 31.4 Å². The van der Waals surface area contributed by atoms with Crippen LogP contribution in [0.1, 0.15) is 17.0 Å². The highest BCUT2D eigenvalue weighted by Crippen LogP contribution is 2.47. The van der Waals surface area contributed by atoms with Gasteiger partial charge >= 0.3 is 0 Å². The number of rotatable bonds is 2. The summed E-state index contributed by atoms with van der Waals surface area (Å²) in [5, 5.41) is 29.3. The average Bonchev–Trinajstić information content (AvgIpc) is 2.53. The van der Waals surface area contributed by atoms with Gasteiger partial charge in [-0.2, -0.15) is 5.26 Å². The Hall–Kier alpha value is -3.33. The molecule has 3 rings (SSSR count). The molecule has 1 heterocycles. The maximum Gasteiger partial charge on any atom is 0.205 e. The van der Waals surface area contributed by atoms with Crippen molar-refractivity contribution in [2.75, 3.05) is 7.11 Å². The van der Waals surface area contributed by atoms with Gasteiger partial charge in [-0.25, -0.2) is 0 Å². The number of hydrogen-bond donors (Lipinski definition) is 3. The number of phenolic OH excluding ortho intramolecular Hbond substituents is 2. The fourth-order valence-electron chi connectivity index (χ4n) is 2.68. The largest absolute Gasteiger partial charge is 0.508 e. The second-order valence-electron chi connectivity index (χ2n) is 5.07. The monoisotopic (exact) mass is 310 g/mol. The van der Waals surface area contributed by atoms with Gasteiger partial charge < -0.3 is 25.4 Å². The zero-order valence-corrected chi connectivity index (χ0v) is 12.3. The van der Waals surface area contributed by atoms with Crippen LogP contribution in [0.25, 0.3) is 0 Å². The standard InChI is InChI=1S/C17H14N2O4/c1-22-11-4-2-9(3-5-11)15-12(8-18)17(19)23-14-7-10(20)6-13(21)16(14)15/h2-7,15,20-21H,19H2,1H3. The number of aromatic hydroxyl groups is 2. The minimum atomic E-state index is -0.588. The van der Waals surface area contributed by atoms with Crippen molar-refractivity contribution in [3.05, 3.63) is 59.0 Å². The van der Waals surface area contributed by atoms with Crippen molar-refractivity contribution in [3.63, 3.8) is 0 Å². The van der Waals surface area contributed by atoms with E-state index in [1.165, 1.54) is 12.1 Å². The molecule has 1 aliphatic heterocycles. The third-order valence-electron chi connectivity index (χ3n) is 3.74. The van der Waals surface area contributed by atoms with Crippen LogP contribution in [0.15, 0.2) is 47.9 Å². The molecule has 4 N–H and O–H groups in total. The van der Waals surface area contributed by atoms with Gasteiger partial charge in [-0.05, 0) is 17.7 Å². The molecular weight excluding hydrogens is 296 g/mol. The van der Waals surface area contributed by atoms with Gasteiger partial charge in [0.2, 0.25) is 5.88 Å². The van der Waals surface area contributed by atoms with Crippen molar-refractivity contribution >= 4 is 0 Å². The number of nitrogens with zero attached hydrogens (tertiary/aromatic N) is 1. The molecule has 1 atom stereocenters. The Morgan fingerprint density at radius 1 is 1.22 bits per heavy atom. The van der Waals surface area contributed by atoms with Crippen LogP contribution >= 0.6 is 0 Å². The molecule has 0 saturated heterocycles. The van der Waals surface area contributed by atoms with E-state index in [9.17, 15) is 15.5 Å². The summed E-state index contributed by atoms with van der Waals surface area (Å²) in [6, 6.07) is 11.7. The third-order valence-corrected chi connectivity index (χ3v) is 3.74. The number of ether oxygens (including phenoxy) is 2. The minimum Gasteiger partial charge on any atom is -0.508 e. The van der Waals surface area contributed by atoms with E-state index in [1.807, 2.05) is 6.07 Å². The van der Waals surface area contributed by atoms with E-state index in [-0.39, 0.29) is 28.7 Å². The predicted octanol–water partition coefficient (Wildman–Crippen LogP) is 2.32. The number of hydrogen-bond acceptors (Lipinski definition) is 6. The first-order chi connectivity index (χ1) is 11.0. The molecule has 0 amide bonds. The van der Waals surface area contributed by atoms with Crippen LogP contribution in [0.3, 0.4) is 0 Å². The molecule has 0 fully saturated rings. The van der Waals surface area contributed by atoms with E-state index >= 15 is 0 Å². The average molecular weight is 310 g/mol. The number of nitriles is 1. The summed E-state index contributed by atoms with van der Waals surface area (Å²) in [7, 11) is 1.56. The molecule has 0 saturated carbocycles. The minimum absolute atomic E-state index is 0.0502. The van der Waals surface area contributed by atoms with Crippen molar-refractivity contribution in [3.8, 4) is 29.1 Å². The Balaban J connectivity index is 2.22. The fourth-order valence-corrected chi connectivity index (χ4v) is 2.68. The molecule has 1 aliphatic rings. The quantitative estimate of drug-likeness (QED) is 0.785. The number of benzene rings is 2. The summed E-state index contributed by atoms with van der Waals surface area (Å²) < 4.78 is 10.5. The van der Waals surface area contributed by atoms with Crippen molar-refractivity contribution in [2.24, 2.45) is 5.73 Å². The molecule has 0 radical (unpaired) electrons. The highest BCUT2D eigenvalue weighted by atomic mass is 16.5. The van der Waals surface area contributed by atoms with E-state index in [4.69, 9.17) is 15.2 Å². The molecule has 0 aromatic heterocycles. The number of nitrogens with two attached hydrogens (primary N) is 1. The van der Waals surface area contributed by atoms with Gasteiger partial charge in [0.25, 0.3) is 0 Å². The summed E-state index contributed by atoms with van der Waals surface area (Å²) in [4.78, 5) is 0. The SMILES string of the molecule is COc1ccc(C2C(C#N)=C(N)Oc3cc(O)cc(O)c32)cc1. The lowest BCUT2D eigenvalue weighted by atomic mass is 9.83. The number of phenols is 2. The predicted molar refractivity (Wildman–Crippen MR) is 82.1 cm³/mol. The van der Waals surface area contributed by atoms with Crippen LogP contribution < -0.4 is 15.2 Å². The van der Waals surface area contributed by atoms with Gasteiger partial charge in [-0.15, -0.1) is 0 Å². The molecule has 23 heavy (non-hydrogen) atoms. The van der Waals surface area contributed by atoms with Crippen LogP contribution in [-0.2, 0) is 0 Å². The van der Waals surface area contributed by atoms with Crippen molar-refractivity contribution in [1.29, 1.82) is 5.26 Å². The Bertz CT molecular complexity index is 835. The van der Waals surface area contributed by atoms with E-state index < -0.39 is 5.92 Å². The molecule has 0 spiro atoms. The van der Waals surface area contributed by atoms with Crippen LogP contribution in [0, 0.1) is 11.3 Å². The first-order valence-electron chi connectivity index (χ1n) is 6.82. The summed E-state index contributed by atoms with van der Waals surface area (Å²) in [6.07, 6.45) is 0. The van der Waals surface area contributed by atoms with Gasteiger partial charge in [-0.1, -0.05) is 12.1 Å². The van der Waals surface area contributed by atoms with Crippen LogP contribution in [0.4, 0.5) is 0 Å². The number of allylic oxidation sites excluding steroid dienone is 1. The second kappa shape index (κ2) is 5.46. The Kier molecular flexibility index (Phi) is 3.47. The normalized spacial score (nSPS) is 16.3. The summed E-state index contributed by atoms with van der Waals surface area (Å²) in [5.41, 5.74) is 7.17. The lowest BCUT2D eigenvalue weighted by Crippen LogP contribution is -2.21. The van der Waals surface area contributed by atoms with Gasteiger partial charge in [0.15, 0.2) is 0 Å². The second-order valence-corrected chi connectivity index (χ2v) is 5.07. The number of methoxy groups -OCH3 is 1. The molecule has 116 valence electrons. The molecule has 6 nitrogen and oxygen atoms in total. The highest BCUT2D eigenvalue weighted by molar-refractivity contribution is 5.62. The lowest BCUT2D eigenvalue weighted by molar-refractivity contribution is 0.375. The summed E-state index contributed by atoms with van der Waals surface area (Å²) in [6.45, 7) is 0. The van der Waals surface area contributed by atoms with Gasteiger partial charge in [0.1, 0.15) is 34.6 Å². The summed E-state index contributed by atoms with van der Waals surface area (Å²) in [5.74, 6) is -0.0590. The summed E-state index contributed by atoms with van der Waals surface area (Å²) >= 11 is 0. The zero-order chi connectivity index (χ0) is 16.6. The molecule has 1 unspecified atom stereocenters. The smallest absolute Gasteiger partial charge is 0.205 e.